The number of hydrogen-bond acceptors (Lipinski definition) is 6. The van der Waals surface area contributed by atoms with Crippen LogP contribution in [-0.4, -0.2) is 46.7 Å². The smallest absolute Gasteiger partial charge is 0.283 e. The van der Waals surface area contributed by atoms with Crippen LogP contribution in [-0.2, 0) is 0 Å². The predicted molar refractivity (Wildman–Crippen MR) is 129 cm³/mol. The molecule has 0 aliphatic carbocycles. The highest BCUT2D eigenvalue weighted by atomic mass is 32.1. The van der Waals surface area contributed by atoms with E-state index >= 15 is 0 Å². The summed E-state index contributed by atoms with van der Waals surface area (Å²) in [5.41, 5.74) is 3.55. The summed E-state index contributed by atoms with van der Waals surface area (Å²) in [5.74, 6) is 0.695. The zero-order valence-electron chi connectivity index (χ0n) is 17.7. The summed E-state index contributed by atoms with van der Waals surface area (Å²) in [6, 6.07) is 16.2. The Morgan fingerprint density at radius 3 is 2.55 bits per heavy atom. The van der Waals surface area contributed by atoms with Crippen molar-refractivity contribution in [2.45, 2.75) is 6.92 Å². The number of aryl methyl sites for hydroxylation is 1. The van der Waals surface area contributed by atoms with Crippen LogP contribution >= 0.6 is 11.3 Å². The van der Waals surface area contributed by atoms with E-state index < -0.39 is 0 Å². The number of aromatic nitrogens is 3. The molecule has 2 aromatic carbocycles. The molecule has 0 spiro atoms. The minimum absolute atomic E-state index is 0.141. The molecule has 7 heteroatoms. The molecule has 0 saturated carbocycles. The van der Waals surface area contributed by atoms with Crippen LogP contribution in [0.5, 0.6) is 0 Å². The molecule has 6 nitrogen and oxygen atoms in total. The molecule has 0 amide bonds. The van der Waals surface area contributed by atoms with Gasteiger partial charge in [0.05, 0.1) is 5.39 Å². The largest absolute Gasteiger partial charge is 0.367 e. The number of nitrogens with zero attached hydrogens (tertiary/aromatic N) is 4. The molecule has 31 heavy (non-hydrogen) atoms. The van der Waals surface area contributed by atoms with Crippen molar-refractivity contribution in [2.24, 2.45) is 0 Å². The fourth-order valence-corrected chi connectivity index (χ4v) is 4.70. The Hall–Kier alpha value is -3.29. The molecular weight excluding hydrogens is 406 g/mol. The standard InChI is InChI=1S/C24H23N5OS/c1-15-8-10-16(11-9-15)19-14-31-23-20(19)24(30)29-22(26-23)18-7-5-4-6-17(18)21(27-29)25-12-13-28(2)3/h4-11,14H,12-13H2,1-3H3,(H,25,27). The molecule has 1 N–H and O–H groups in total. The molecule has 0 unspecified atom stereocenters. The van der Waals surface area contributed by atoms with Gasteiger partial charge in [-0.05, 0) is 26.6 Å². The Morgan fingerprint density at radius 1 is 1.06 bits per heavy atom. The van der Waals surface area contributed by atoms with Crippen LogP contribution in [0.25, 0.3) is 37.8 Å². The first-order chi connectivity index (χ1) is 15.0. The van der Waals surface area contributed by atoms with Gasteiger partial charge in [-0.15, -0.1) is 16.4 Å². The van der Waals surface area contributed by atoms with Crippen LogP contribution in [0.4, 0.5) is 5.82 Å². The second kappa shape index (κ2) is 7.76. The lowest BCUT2D eigenvalue weighted by Gasteiger charge is -2.14. The summed E-state index contributed by atoms with van der Waals surface area (Å²) in [6.07, 6.45) is 0. The predicted octanol–water partition coefficient (Wildman–Crippen LogP) is 4.41. The fourth-order valence-electron chi connectivity index (χ4n) is 3.76. The van der Waals surface area contributed by atoms with Crippen molar-refractivity contribution < 1.29 is 0 Å². The van der Waals surface area contributed by atoms with Crippen molar-refractivity contribution in [1.82, 2.24) is 19.5 Å². The van der Waals surface area contributed by atoms with Gasteiger partial charge < -0.3 is 10.2 Å². The molecule has 0 saturated heterocycles. The van der Waals surface area contributed by atoms with E-state index in [1.165, 1.54) is 21.4 Å². The van der Waals surface area contributed by atoms with Gasteiger partial charge in [-0.2, -0.15) is 4.52 Å². The number of rotatable bonds is 5. The van der Waals surface area contributed by atoms with Gasteiger partial charge >= 0.3 is 0 Å². The molecule has 0 aliphatic heterocycles. The lowest BCUT2D eigenvalue weighted by molar-refractivity contribution is 0.425. The zero-order valence-corrected chi connectivity index (χ0v) is 18.5. The minimum Gasteiger partial charge on any atom is -0.367 e. The number of fused-ring (bicyclic) bond motifs is 4. The van der Waals surface area contributed by atoms with Gasteiger partial charge in [0.1, 0.15) is 4.83 Å². The lowest BCUT2D eigenvalue weighted by Crippen LogP contribution is -2.23. The molecule has 5 aromatic rings. The van der Waals surface area contributed by atoms with Crippen LogP contribution in [0, 0.1) is 6.92 Å². The minimum atomic E-state index is -0.141. The van der Waals surface area contributed by atoms with E-state index in [1.807, 2.05) is 55.9 Å². The number of likely N-dealkylation sites (N-methyl/N-ethyl adjacent to an activating group) is 1. The Bertz CT molecular complexity index is 1470. The van der Waals surface area contributed by atoms with Gasteiger partial charge in [-0.3, -0.25) is 4.79 Å². The number of nitrogens with one attached hydrogen (secondary N) is 1. The van der Waals surface area contributed by atoms with E-state index in [9.17, 15) is 4.79 Å². The number of thiophene rings is 1. The molecule has 0 atom stereocenters. The SMILES string of the molecule is Cc1ccc(-c2csc3nc4c5ccccc5c(NCCN(C)C)nn4c(=O)c23)cc1. The monoisotopic (exact) mass is 429 g/mol. The summed E-state index contributed by atoms with van der Waals surface area (Å²) in [7, 11) is 4.06. The molecule has 5 rings (SSSR count). The number of anilines is 1. The van der Waals surface area contributed by atoms with E-state index in [4.69, 9.17) is 10.1 Å². The zero-order chi connectivity index (χ0) is 21.5. The topological polar surface area (TPSA) is 62.5 Å². The molecule has 3 aromatic heterocycles. The quantitative estimate of drug-likeness (QED) is 0.420. The van der Waals surface area contributed by atoms with Gasteiger partial charge in [0.25, 0.3) is 5.56 Å². The second-order valence-corrected chi connectivity index (χ2v) is 8.83. The molecule has 0 radical (unpaired) electrons. The van der Waals surface area contributed by atoms with Crippen molar-refractivity contribution in [2.75, 3.05) is 32.5 Å². The number of hydrogen-bond donors (Lipinski definition) is 1. The Balaban J connectivity index is 1.76. The highest BCUT2D eigenvalue weighted by molar-refractivity contribution is 7.17. The Labute approximate surface area is 183 Å². The molecule has 156 valence electrons. The first-order valence-corrected chi connectivity index (χ1v) is 11.1. The summed E-state index contributed by atoms with van der Waals surface area (Å²) in [5, 5.41) is 12.6. The molecular formula is C24H23N5OS. The van der Waals surface area contributed by atoms with E-state index in [2.05, 4.69) is 29.3 Å². The van der Waals surface area contributed by atoms with Crippen molar-refractivity contribution in [1.29, 1.82) is 0 Å². The maximum Gasteiger partial charge on any atom is 0.283 e. The lowest BCUT2D eigenvalue weighted by atomic mass is 10.1. The second-order valence-electron chi connectivity index (χ2n) is 7.97. The third kappa shape index (κ3) is 3.45. The fraction of sp³-hybridized carbons (Fsp3) is 0.208. The highest BCUT2D eigenvalue weighted by Crippen LogP contribution is 2.32. The average Bonchev–Trinajstić information content (AvgIpc) is 3.19. The maximum atomic E-state index is 13.6. The van der Waals surface area contributed by atoms with Crippen molar-refractivity contribution in [3.63, 3.8) is 0 Å². The van der Waals surface area contributed by atoms with Gasteiger partial charge in [0.15, 0.2) is 11.5 Å². The van der Waals surface area contributed by atoms with Crippen LogP contribution in [0.15, 0.2) is 58.7 Å². The van der Waals surface area contributed by atoms with E-state index in [1.54, 1.807) is 0 Å². The highest BCUT2D eigenvalue weighted by Gasteiger charge is 2.17. The average molecular weight is 430 g/mol. The van der Waals surface area contributed by atoms with Gasteiger partial charge in [-0.25, -0.2) is 4.98 Å². The molecule has 0 aliphatic rings. The summed E-state index contributed by atoms with van der Waals surface area (Å²) in [6.45, 7) is 3.65. The third-order valence-electron chi connectivity index (χ3n) is 5.42. The van der Waals surface area contributed by atoms with Crippen molar-refractivity contribution in [3.8, 4) is 11.1 Å². The third-order valence-corrected chi connectivity index (χ3v) is 6.30. The van der Waals surface area contributed by atoms with Crippen LogP contribution in [0.3, 0.4) is 0 Å². The van der Waals surface area contributed by atoms with E-state index in [0.717, 1.165) is 39.8 Å². The Kier molecular flexibility index (Phi) is 4.92. The van der Waals surface area contributed by atoms with Crippen molar-refractivity contribution >= 4 is 43.8 Å². The molecule has 0 bridgehead atoms. The van der Waals surface area contributed by atoms with Crippen LogP contribution in [0.2, 0.25) is 0 Å². The van der Waals surface area contributed by atoms with Crippen LogP contribution < -0.4 is 10.9 Å². The normalized spacial score (nSPS) is 11.7. The first kappa shape index (κ1) is 19.7. The van der Waals surface area contributed by atoms with E-state index in [0.29, 0.717) is 16.9 Å². The first-order valence-electron chi connectivity index (χ1n) is 10.2. The number of benzene rings is 2. The van der Waals surface area contributed by atoms with E-state index in [-0.39, 0.29) is 5.56 Å². The van der Waals surface area contributed by atoms with Gasteiger partial charge in [-0.1, -0.05) is 54.1 Å². The van der Waals surface area contributed by atoms with Gasteiger partial charge in [0.2, 0.25) is 0 Å². The van der Waals surface area contributed by atoms with Crippen LogP contribution in [0.1, 0.15) is 5.56 Å². The summed E-state index contributed by atoms with van der Waals surface area (Å²) < 4.78 is 1.45. The summed E-state index contributed by atoms with van der Waals surface area (Å²) in [4.78, 5) is 21.3. The summed E-state index contributed by atoms with van der Waals surface area (Å²) >= 11 is 1.50. The maximum absolute atomic E-state index is 13.6. The Morgan fingerprint density at radius 2 is 1.81 bits per heavy atom. The van der Waals surface area contributed by atoms with Gasteiger partial charge in [0, 0.05) is 34.8 Å². The molecule has 0 fully saturated rings. The molecule has 3 heterocycles. The van der Waals surface area contributed by atoms with Crippen molar-refractivity contribution in [3.05, 3.63) is 69.8 Å².